The first-order valence-corrected chi connectivity index (χ1v) is 15.3. The van der Waals surface area contributed by atoms with Gasteiger partial charge in [-0.3, -0.25) is 4.79 Å². The highest BCUT2D eigenvalue weighted by molar-refractivity contribution is 5.94. The molecule has 0 aliphatic carbocycles. The van der Waals surface area contributed by atoms with Gasteiger partial charge in [0.25, 0.3) is 5.91 Å². The topological polar surface area (TPSA) is 67.8 Å². The number of hydrogen-bond acceptors (Lipinski definition) is 5. The third kappa shape index (κ3) is 14.6. The molecule has 0 radical (unpaired) electrons. The summed E-state index contributed by atoms with van der Waals surface area (Å²) in [6, 6.07) is 16.5. The second-order valence-corrected chi connectivity index (χ2v) is 11.4. The second-order valence-electron chi connectivity index (χ2n) is 11.4. The Balaban J connectivity index is 0.00000675. The highest BCUT2D eigenvalue weighted by Gasteiger charge is 2.23. The zero-order valence-electron chi connectivity index (χ0n) is 27.5. The van der Waals surface area contributed by atoms with Crippen molar-refractivity contribution >= 4 is 43.1 Å². The summed E-state index contributed by atoms with van der Waals surface area (Å²) in [6.07, 6.45) is 0.00349. The molecule has 0 saturated carbocycles. The van der Waals surface area contributed by atoms with Crippen molar-refractivity contribution in [3.63, 3.8) is 0 Å². The van der Waals surface area contributed by atoms with Crippen LogP contribution < -0.4 is 10.6 Å². The van der Waals surface area contributed by atoms with Crippen molar-refractivity contribution in [2.75, 3.05) is 39.8 Å². The van der Waals surface area contributed by atoms with Gasteiger partial charge < -0.3 is 25.5 Å². The number of halogens is 5. The molecule has 3 aromatic rings. The molecule has 3 rings (SSSR count). The Hall–Kier alpha value is -2.30. The van der Waals surface area contributed by atoms with Gasteiger partial charge in [0.05, 0.1) is 12.1 Å². The Labute approximate surface area is 292 Å². The Morgan fingerprint density at radius 3 is 2.13 bits per heavy atom. The molecule has 258 valence electrons. The van der Waals surface area contributed by atoms with E-state index in [1.165, 1.54) is 17.7 Å². The summed E-state index contributed by atoms with van der Waals surface area (Å²) in [5.74, 6) is -1.74. The normalized spacial score (nSPS) is 12.1. The van der Waals surface area contributed by atoms with Crippen molar-refractivity contribution in [3.05, 3.63) is 106 Å². The zero-order valence-corrected chi connectivity index (χ0v) is 30.0. The molecule has 0 fully saturated rings. The number of carbonyl (C=O) groups excluding carboxylic acids is 1. The molecule has 0 bridgehead atoms. The molecule has 0 spiro atoms. The summed E-state index contributed by atoms with van der Waals surface area (Å²) in [7, 11) is 2.07. The van der Waals surface area contributed by atoms with E-state index in [4.69, 9.17) is 0 Å². The molecule has 0 saturated heterocycles. The summed E-state index contributed by atoms with van der Waals surface area (Å²) >= 11 is 0. The van der Waals surface area contributed by atoms with Crippen LogP contribution in [0.3, 0.4) is 0 Å². The Morgan fingerprint density at radius 1 is 0.848 bits per heavy atom. The molecule has 46 heavy (non-hydrogen) atoms. The minimum Gasteiger partial charge on any atom is -0.390 e. The quantitative estimate of drug-likeness (QED) is 0.153. The molecule has 11 heteroatoms. The lowest BCUT2D eigenvalue weighted by Crippen LogP contribution is -2.48. The number of aryl methyl sites for hydroxylation is 2. The van der Waals surface area contributed by atoms with E-state index in [-0.39, 0.29) is 56.1 Å². The molecule has 0 aliphatic heterocycles. The van der Waals surface area contributed by atoms with Crippen LogP contribution in [0, 0.1) is 18.6 Å². The Morgan fingerprint density at radius 2 is 1.50 bits per heavy atom. The summed E-state index contributed by atoms with van der Waals surface area (Å²) in [6.45, 7) is 13.7. The molecule has 3 aromatic carbocycles. The highest BCUT2D eigenvalue weighted by Crippen LogP contribution is 2.15. The molecular weight excluding hydrogens is 653 g/mol. The summed E-state index contributed by atoms with van der Waals surface area (Å²) in [5, 5.41) is 17.4. The van der Waals surface area contributed by atoms with E-state index in [1.807, 2.05) is 31.2 Å². The number of aliphatic hydroxyl groups is 1. The van der Waals surface area contributed by atoms with Crippen molar-refractivity contribution in [1.29, 1.82) is 0 Å². The van der Waals surface area contributed by atoms with Crippen LogP contribution in [0.1, 0.15) is 58.9 Å². The zero-order chi connectivity index (χ0) is 31.4. The van der Waals surface area contributed by atoms with Gasteiger partial charge in [0, 0.05) is 44.4 Å². The van der Waals surface area contributed by atoms with Crippen LogP contribution in [0.5, 0.6) is 0 Å². The largest absolute Gasteiger partial charge is 0.390 e. The number of rotatable bonds is 17. The molecule has 0 aromatic heterocycles. The van der Waals surface area contributed by atoms with E-state index in [9.17, 15) is 18.7 Å². The number of carbonyl (C=O) groups is 1. The first kappa shape index (κ1) is 43.7. The van der Waals surface area contributed by atoms with Crippen LogP contribution in [0.4, 0.5) is 8.78 Å². The number of nitrogens with one attached hydrogen (secondary N) is 2. The van der Waals surface area contributed by atoms with Crippen LogP contribution in [0.25, 0.3) is 0 Å². The lowest BCUT2D eigenvalue weighted by atomic mass is 9.99. The maximum Gasteiger partial charge on any atom is 0.251 e. The van der Waals surface area contributed by atoms with E-state index in [0.717, 1.165) is 55.4 Å². The van der Waals surface area contributed by atoms with Gasteiger partial charge in [0.2, 0.25) is 0 Å². The van der Waals surface area contributed by atoms with Crippen molar-refractivity contribution in [1.82, 2.24) is 20.4 Å². The number of aliphatic hydroxyl groups excluding tert-OH is 1. The van der Waals surface area contributed by atoms with Gasteiger partial charge in [-0.05, 0) is 86.4 Å². The molecule has 0 aliphatic rings. The van der Waals surface area contributed by atoms with Crippen LogP contribution >= 0.6 is 37.2 Å². The number of amides is 1. The summed E-state index contributed by atoms with van der Waals surface area (Å²) < 4.78 is 28.0. The number of hydrogen-bond donors (Lipinski definition) is 3. The van der Waals surface area contributed by atoms with Gasteiger partial charge in [-0.25, -0.2) is 8.78 Å². The average Bonchev–Trinajstić information content (AvgIpc) is 2.96. The minimum atomic E-state index is -1.000. The third-order valence-corrected chi connectivity index (χ3v) is 7.79. The van der Waals surface area contributed by atoms with E-state index in [2.05, 4.69) is 66.5 Å². The average molecular weight is 704 g/mol. The molecular formula is C35H51Cl3F2N4O2. The monoisotopic (exact) mass is 702 g/mol. The second kappa shape index (κ2) is 22.3. The van der Waals surface area contributed by atoms with E-state index < -0.39 is 23.8 Å². The standard InChI is InChI=1S/C35H48F2N4O2.3ClH/c1-6-26-10-9-11-27(16-26)22-38-23-34(42)33(20-28-18-31(36)21-32(37)19-28)39-35(43)30-15-25(4)14-29(17-30)24-40(5)12-13-41(7-2)8-3;;;/h9-11,14-19,21,33-34,38,42H,6-8,12-13,20,22-24H2,1-5H3,(H,39,43);3*1H/t33-,34-;;;/m0.../s1. The molecule has 0 unspecified atom stereocenters. The van der Waals surface area contributed by atoms with Crippen LogP contribution in [-0.4, -0.2) is 72.7 Å². The predicted molar refractivity (Wildman–Crippen MR) is 192 cm³/mol. The fraction of sp³-hybridized carbons (Fsp3) is 0.457. The maximum absolute atomic E-state index is 14.0. The third-order valence-electron chi connectivity index (χ3n) is 7.79. The molecule has 3 N–H and O–H groups in total. The fourth-order valence-electron chi connectivity index (χ4n) is 5.31. The van der Waals surface area contributed by atoms with Gasteiger partial charge in [0.1, 0.15) is 11.6 Å². The molecule has 1 amide bonds. The minimum absolute atomic E-state index is 0. The molecule has 6 nitrogen and oxygen atoms in total. The number of benzene rings is 3. The predicted octanol–water partition coefficient (Wildman–Crippen LogP) is 6.37. The summed E-state index contributed by atoms with van der Waals surface area (Å²) in [4.78, 5) is 18.1. The number of likely N-dealkylation sites (N-methyl/N-ethyl adjacent to an activating group) is 2. The van der Waals surface area contributed by atoms with E-state index >= 15 is 0 Å². The van der Waals surface area contributed by atoms with Gasteiger partial charge in [0.15, 0.2) is 0 Å². The van der Waals surface area contributed by atoms with Crippen LogP contribution in [0.2, 0.25) is 0 Å². The van der Waals surface area contributed by atoms with Crippen molar-refractivity contribution in [2.24, 2.45) is 0 Å². The lowest BCUT2D eigenvalue weighted by molar-refractivity contribution is 0.0829. The Kier molecular flexibility index (Phi) is 21.2. The Bertz CT molecular complexity index is 1310. The first-order valence-electron chi connectivity index (χ1n) is 15.3. The van der Waals surface area contributed by atoms with Crippen molar-refractivity contribution in [3.8, 4) is 0 Å². The summed E-state index contributed by atoms with van der Waals surface area (Å²) in [5.41, 5.74) is 5.14. The van der Waals surface area contributed by atoms with Crippen molar-refractivity contribution in [2.45, 2.75) is 65.8 Å². The van der Waals surface area contributed by atoms with E-state index in [1.54, 1.807) is 0 Å². The van der Waals surface area contributed by atoms with Gasteiger partial charge >= 0.3 is 0 Å². The molecule has 2 atom stereocenters. The number of nitrogens with zero attached hydrogens (tertiary/aromatic N) is 2. The molecule has 0 heterocycles. The van der Waals surface area contributed by atoms with Gasteiger partial charge in [-0.15, -0.1) is 37.2 Å². The smallest absolute Gasteiger partial charge is 0.251 e. The van der Waals surface area contributed by atoms with Gasteiger partial charge in [-0.1, -0.05) is 56.7 Å². The van der Waals surface area contributed by atoms with Gasteiger partial charge in [-0.2, -0.15) is 0 Å². The van der Waals surface area contributed by atoms with Crippen molar-refractivity contribution < 1.29 is 18.7 Å². The van der Waals surface area contributed by atoms with Crippen LogP contribution in [-0.2, 0) is 25.9 Å². The van der Waals surface area contributed by atoms with Crippen LogP contribution in [0.15, 0.2) is 60.7 Å². The highest BCUT2D eigenvalue weighted by atomic mass is 35.5. The lowest BCUT2D eigenvalue weighted by Gasteiger charge is -2.25. The van der Waals surface area contributed by atoms with E-state index in [0.29, 0.717) is 24.2 Å². The fourth-order valence-corrected chi connectivity index (χ4v) is 5.31. The maximum atomic E-state index is 14.0. The SMILES string of the molecule is CCc1cccc(CNC[C@H](O)[C@H](Cc2cc(F)cc(F)c2)NC(=O)c2cc(C)cc(CN(C)CCN(CC)CC)c2)c1.Cl.Cl.Cl. The first-order chi connectivity index (χ1) is 20.6.